The van der Waals surface area contributed by atoms with Crippen molar-refractivity contribution in [1.29, 1.82) is 0 Å². The van der Waals surface area contributed by atoms with Gasteiger partial charge >= 0.3 is 0 Å². The second-order valence-corrected chi connectivity index (χ2v) is 8.41. The average Bonchev–Trinajstić information content (AvgIpc) is 3.02. The monoisotopic (exact) mass is 308 g/mol. The van der Waals surface area contributed by atoms with Crippen LogP contribution in [0.5, 0.6) is 0 Å². The summed E-state index contributed by atoms with van der Waals surface area (Å²) in [5, 5.41) is 14.2. The van der Waals surface area contributed by atoms with Gasteiger partial charge in [0.2, 0.25) is 0 Å². The van der Waals surface area contributed by atoms with Gasteiger partial charge < -0.3 is 10.4 Å². The van der Waals surface area contributed by atoms with Crippen LogP contribution in [0.4, 0.5) is 0 Å². The van der Waals surface area contributed by atoms with E-state index in [1.54, 1.807) is 0 Å². The molecule has 0 aromatic rings. The quantitative estimate of drug-likeness (QED) is 0.792. The molecule has 3 heteroatoms. The van der Waals surface area contributed by atoms with E-state index >= 15 is 0 Å². The number of aliphatic hydroxyl groups excluding tert-OH is 1. The van der Waals surface area contributed by atoms with Crippen LogP contribution in [0.15, 0.2) is 0 Å². The molecule has 2 saturated carbocycles. The van der Waals surface area contributed by atoms with E-state index in [2.05, 4.69) is 24.1 Å². The fourth-order valence-electron chi connectivity index (χ4n) is 4.94. The highest BCUT2D eigenvalue weighted by molar-refractivity contribution is 4.93. The molecule has 128 valence electrons. The molecule has 1 aliphatic heterocycles. The minimum Gasteiger partial charge on any atom is -0.393 e. The van der Waals surface area contributed by atoms with Gasteiger partial charge in [-0.3, -0.25) is 4.90 Å². The molecule has 0 aromatic heterocycles. The van der Waals surface area contributed by atoms with Gasteiger partial charge in [-0.15, -0.1) is 0 Å². The van der Waals surface area contributed by atoms with Gasteiger partial charge in [-0.1, -0.05) is 26.7 Å². The molecule has 0 bridgehead atoms. The number of likely N-dealkylation sites (tertiary alicyclic amines) is 1. The van der Waals surface area contributed by atoms with Crippen molar-refractivity contribution in [3.8, 4) is 0 Å². The first-order chi connectivity index (χ1) is 10.7. The lowest BCUT2D eigenvalue weighted by atomic mass is 9.78. The SMILES string of the molecule is CCC(O)C1CC(NCC2CCCC2)CN(C2CC(C)C2)C1. The van der Waals surface area contributed by atoms with Crippen molar-refractivity contribution in [2.45, 2.75) is 83.4 Å². The van der Waals surface area contributed by atoms with Crippen molar-refractivity contribution in [3.05, 3.63) is 0 Å². The maximum atomic E-state index is 10.4. The van der Waals surface area contributed by atoms with E-state index in [9.17, 15) is 5.11 Å². The minimum atomic E-state index is -0.115. The number of nitrogens with zero attached hydrogens (tertiary/aromatic N) is 1. The second-order valence-electron chi connectivity index (χ2n) is 8.41. The fourth-order valence-corrected chi connectivity index (χ4v) is 4.94. The smallest absolute Gasteiger partial charge is 0.0578 e. The van der Waals surface area contributed by atoms with Crippen molar-refractivity contribution in [1.82, 2.24) is 10.2 Å². The third-order valence-corrected chi connectivity index (χ3v) is 6.51. The first-order valence-corrected chi connectivity index (χ1v) is 9.81. The van der Waals surface area contributed by atoms with E-state index in [1.807, 2.05) is 0 Å². The normalized spacial score (nSPS) is 38.9. The molecule has 0 radical (unpaired) electrons. The number of nitrogens with one attached hydrogen (secondary N) is 1. The highest BCUT2D eigenvalue weighted by atomic mass is 16.3. The van der Waals surface area contributed by atoms with Crippen LogP contribution in [-0.4, -0.2) is 47.8 Å². The van der Waals surface area contributed by atoms with Gasteiger partial charge in [0.15, 0.2) is 0 Å². The number of hydrogen-bond donors (Lipinski definition) is 2. The number of aliphatic hydroxyl groups is 1. The summed E-state index contributed by atoms with van der Waals surface area (Å²) in [6.45, 7) is 8.02. The van der Waals surface area contributed by atoms with Crippen LogP contribution < -0.4 is 5.32 Å². The molecule has 1 heterocycles. The Morgan fingerprint density at radius 3 is 2.50 bits per heavy atom. The van der Waals surface area contributed by atoms with E-state index in [0.717, 1.165) is 30.8 Å². The molecular formula is C19H36N2O. The zero-order valence-corrected chi connectivity index (χ0v) is 14.6. The van der Waals surface area contributed by atoms with Crippen LogP contribution in [-0.2, 0) is 0 Å². The predicted molar refractivity (Wildman–Crippen MR) is 91.9 cm³/mol. The number of piperidine rings is 1. The molecule has 0 amide bonds. The third-order valence-electron chi connectivity index (χ3n) is 6.51. The lowest BCUT2D eigenvalue weighted by Gasteiger charge is -2.48. The predicted octanol–water partition coefficient (Wildman–Crippen LogP) is 3.03. The molecule has 3 unspecified atom stereocenters. The standard InChI is InChI=1S/C19H36N2O/c1-3-19(22)16-10-17(20-11-15-6-4-5-7-15)13-21(12-16)18-8-14(2)9-18/h14-20,22H,3-13H2,1-2H3. The second kappa shape index (κ2) is 7.63. The Morgan fingerprint density at radius 2 is 1.86 bits per heavy atom. The Bertz CT molecular complexity index is 336. The van der Waals surface area contributed by atoms with Gasteiger partial charge in [0.25, 0.3) is 0 Å². The summed E-state index contributed by atoms with van der Waals surface area (Å²) in [5.41, 5.74) is 0. The first-order valence-electron chi connectivity index (χ1n) is 9.81. The highest BCUT2D eigenvalue weighted by Crippen LogP contribution is 2.35. The lowest BCUT2D eigenvalue weighted by molar-refractivity contribution is -0.00966. The maximum absolute atomic E-state index is 10.4. The van der Waals surface area contributed by atoms with Gasteiger partial charge in [-0.25, -0.2) is 0 Å². The van der Waals surface area contributed by atoms with Gasteiger partial charge in [0.05, 0.1) is 6.10 Å². The fraction of sp³-hybridized carbons (Fsp3) is 1.00. The molecular weight excluding hydrogens is 272 g/mol. The Kier molecular flexibility index (Phi) is 5.80. The Hall–Kier alpha value is -0.120. The van der Waals surface area contributed by atoms with Crippen molar-refractivity contribution in [3.63, 3.8) is 0 Å². The zero-order chi connectivity index (χ0) is 15.5. The maximum Gasteiger partial charge on any atom is 0.0578 e. The van der Waals surface area contributed by atoms with Gasteiger partial charge in [-0.05, 0) is 62.8 Å². The van der Waals surface area contributed by atoms with Crippen LogP contribution in [0, 0.1) is 17.8 Å². The Morgan fingerprint density at radius 1 is 1.14 bits per heavy atom. The molecule has 3 atom stereocenters. The summed E-state index contributed by atoms with van der Waals surface area (Å²) in [6, 6.07) is 1.38. The molecule has 2 N–H and O–H groups in total. The topological polar surface area (TPSA) is 35.5 Å². The average molecular weight is 309 g/mol. The van der Waals surface area contributed by atoms with Gasteiger partial charge in [0.1, 0.15) is 0 Å². The summed E-state index contributed by atoms with van der Waals surface area (Å²) in [7, 11) is 0. The Balaban J connectivity index is 1.53. The zero-order valence-electron chi connectivity index (χ0n) is 14.6. The van der Waals surface area contributed by atoms with E-state index in [-0.39, 0.29) is 6.10 Å². The van der Waals surface area contributed by atoms with E-state index in [1.165, 1.54) is 58.0 Å². The van der Waals surface area contributed by atoms with E-state index in [4.69, 9.17) is 0 Å². The Labute approximate surface area is 136 Å². The summed E-state index contributed by atoms with van der Waals surface area (Å²) < 4.78 is 0. The summed E-state index contributed by atoms with van der Waals surface area (Å²) in [4.78, 5) is 2.69. The molecule has 3 aliphatic rings. The van der Waals surface area contributed by atoms with Crippen LogP contribution in [0.1, 0.15) is 65.2 Å². The van der Waals surface area contributed by atoms with Gasteiger partial charge in [0, 0.05) is 25.2 Å². The van der Waals surface area contributed by atoms with Crippen LogP contribution in [0.3, 0.4) is 0 Å². The molecule has 3 nitrogen and oxygen atoms in total. The van der Waals surface area contributed by atoms with Crippen molar-refractivity contribution < 1.29 is 5.11 Å². The minimum absolute atomic E-state index is 0.115. The first kappa shape index (κ1) is 16.7. The lowest BCUT2D eigenvalue weighted by Crippen LogP contribution is -2.57. The third kappa shape index (κ3) is 4.04. The van der Waals surface area contributed by atoms with E-state index < -0.39 is 0 Å². The largest absolute Gasteiger partial charge is 0.393 e. The summed E-state index contributed by atoms with van der Waals surface area (Å²) in [5.74, 6) is 2.29. The highest BCUT2D eigenvalue weighted by Gasteiger charge is 2.38. The molecule has 0 spiro atoms. The summed E-state index contributed by atoms with van der Waals surface area (Å²) >= 11 is 0. The van der Waals surface area contributed by atoms with Gasteiger partial charge in [-0.2, -0.15) is 0 Å². The molecule has 3 rings (SSSR count). The molecule has 3 fully saturated rings. The molecule has 2 aliphatic carbocycles. The van der Waals surface area contributed by atoms with Crippen molar-refractivity contribution >= 4 is 0 Å². The molecule has 22 heavy (non-hydrogen) atoms. The van der Waals surface area contributed by atoms with Crippen LogP contribution >= 0.6 is 0 Å². The summed E-state index contributed by atoms with van der Waals surface area (Å²) in [6.07, 6.45) is 10.4. The molecule has 0 aromatic carbocycles. The van der Waals surface area contributed by atoms with E-state index in [0.29, 0.717) is 12.0 Å². The van der Waals surface area contributed by atoms with Crippen LogP contribution in [0.25, 0.3) is 0 Å². The number of hydrogen-bond acceptors (Lipinski definition) is 3. The van der Waals surface area contributed by atoms with Crippen molar-refractivity contribution in [2.24, 2.45) is 17.8 Å². The number of rotatable bonds is 6. The molecule has 1 saturated heterocycles. The van der Waals surface area contributed by atoms with Crippen LogP contribution in [0.2, 0.25) is 0 Å². The van der Waals surface area contributed by atoms with Crippen molar-refractivity contribution in [2.75, 3.05) is 19.6 Å².